The van der Waals surface area contributed by atoms with E-state index < -0.39 is 0 Å². The van der Waals surface area contributed by atoms with Gasteiger partial charge in [0, 0.05) is 29.6 Å². The normalized spacial score (nSPS) is 25.5. The van der Waals surface area contributed by atoms with Gasteiger partial charge < -0.3 is 5.32 Å². The first-order valence-electron chi connectivity index (χ1n) is 11.1. The van der Waals surface area contributed by atoms with Crippen LogP contribution in [0.1, 0.15) is 35.4 Å². The van der Waals surface area contributed by atoms with E-state index in [1.807, 2.05) is 12.1 Å². The predicted octanol–water partition coefficient (Wildman–Crippen LogP) is 5.72. The third kappa shape index (κ3) is 4.05. The van der Waals surface area contributed by atoms with Crippen LogP contribution in [0, 0.1) is 5.92 Å². The van der Waals surface area contributed by atoms with Crippen LogP contribution in [0.3, 0.4) is 0 Å². The van der Waals surface area contributed by atoms with Crippen LogP contribution in [0.15, 0.2) is 84.9 Å². The summed E-state index contributed by atoms with van der Waals surface area (Å²) in [6.45, 7) is 3.28. The second-order valence-corrected chi connectivity index (χ2v) is 9.14. The summed E-state index contributed by atoms with van der Waals surface area (Å²) in [4.78, 5) is 2.74. The fourth-order valence-corrected chi connectivity index (χ4v) is 5.79. The molecule has 6 rings (SSSR count). The molecule has 3 aliphatic heterocycles. The number of halogens is 1. The van der Waals surface area contributed by atoms with Crippen molar-refractivity contribution < 1.29 is 0 Å². The van der Waals surface area contributed by atoms with Crippen LogP contribution in [0.4, 0.5) is 0 Å². The second kappa shape index (κ2) is 8.93. The minimum absolute atomic E-state index is 0.368. The third-order valence-electron chi connectivity index (χ3n) is 6.96. The van der Waals surface area contributed by atoms with Crippen molar-refractivity contribution in [3.8, 4) is 0 Å². The van der Waals surface area contributed by atoms with Crippen LogP contribution in [0.25, 0.3) is 0 Å². The van der Waals surface area contributed by atoms with E-state index in [4.69, 9.17) is 11.6 Å². The molecule has 3 fully saturated rings. The Morgan fingerprint density at radius 1 is 0.833 bits per heavy atom. The smallest absolute Gasteiger partial charge is 0.0409 e. The number of nitrogens with zero attached hydrogens (tertiary/aromatic N) is 1. The molecule has 2 nitrogen and oxygen atoms in total. The fourth-order valence-electron chi connectivity index (χ4n) is 5.58. The van der Waals surface area contributed by atoms with Gasteiger partial charge in [0.15, 0.2) is 0 Å². The largest absolute Gasteiger partial charge is 0.308 e. The molecule has 0 saturated carbocycles. The Balaban J connectivity index is 1.49. The molecule has 3 saturated heterocycles. The summed E-state index contributed by atoms with van der Waals surface area (Å²) in [5.74, 6) is 1.10. The molecule has 154 valence electrons. The maximum atomic E-state index is 6.23. The third-order valence-corrected chi connectivity index (χ3v) is 7.20. The number of benzene rings is 3. The van der Waals surface area contributed by atoms with Crippen molar-refractivity contribution in [3.63, 3.8) is 0 Å². The minimum Gasteiger partial charge on any atom is -0.308 e. The summed E-state index contributed by atoms with van der Waals surface area (Å²) in [6, 6.07) is 31.3. The number of nitrogens with one attached hydrogen (secondary N) is 1. The average molecular weight is 417 g/mol. The average Bonchev–Trinajstić information content (AvgIpc) is 2.81. The van der Waals surface area contributed by atoms with Gasteiger partial charge in [-0.2, -0.15) is 0 Å². The van der Waals surface area contributed by atoms with Gasteiger partial charge in [-0.1, -0.05) is 84.4 Å². The lowest BCUT2D eigenvalue weighted by Crippen LogP contribution is -2.64. The molecule has 3 aromatic carbocycles. The van der Waals surface area contributed by atoms with E-state index in [9.17, 15) is 0 Å². The molecule has 3 aromatic rings. The Bertz CT molecular complexity index is 911. The van der Waals surface area contributed by atoms with E-state index in [1.54, 1.807) is 0 Å². The van der Waals surface area contributed by atoms with Crippen LogP contribution in [0.5, 0.6) is 0 Å². The molecule has 0 aromatic heterocycles. The summed E-state index contributed by atoms with van der Waals surface area (Å²) in [7, 11) is 0. The lowest BCUT2D eigenvalue weighted by Gasteiger charge is -2.54. The molecule has 0 spiro atoms. The van der Waals surface area contributed by atoms with Crippen LogP contribution >= 0.6 is 11.6 Å². The zero-order valence-electron chi connectivity index (χ0n) is 17.3. The zero-order valence-corrected chi connectivity index (χ0v) is 18.0. The van der Waals surface area contributed by atoms with E-state index in [0.717, 1.165) is 17.5 Å². The van der Waals surface area contributed by atoms with Crippen molar-refractivity contribution in [1.29, 1.82) is 0 Å². The van der Waals surface area contributed by atoms with Gasteiger partial charge in [0.2, 0.25) is 0 Å². The predicted molar refractivity (Wildman–Crippen MR) is 125 cm³/mol. The van der Waals surface area contributed by atoms with Gasteiger partial charge in [-0.05, 0) is 60.7 Å². The Hall–Kier alpha value is -2.13. The van der Waals surface area contributed by atoms with E-state index in [1.165, 1.54) is 42.6 Å². The Kier molecular flexibility index (Phi) is 5.90. The summed E-state index contributed by atoms with van der Waals surface area (Å²) >= 11 is 6.23. The first-order chi connectivity index (χ1) is 14.8. The van der Waals surface area contributed by atoms with E-state index >= 15 is 0 Å². The molecular weight excluding hydrogens is 388 g/mol. The van der Waals surface area contributed by atoms with Gasteiger partial charge in [0.1, 0.15) is 0 Å². The quantitative estimate of drug-likeness (QED) is 0.552. The van der Waals surface area contributed by atoms with E-state index in [0.29, 0.717) is 18.0 Å². The number of rotatable bonds is 6. The van der Waals surface area contributed by atoms with Crippen molar-refractivity contribution in [2.75, 3.05) is 13.1 Å². The summed E-state index contributed by atoms with van der Waals surface area (Å²) in [5.41, 5.74) is 4.08. The number of piperidine rings is 3. The highest BCUT2D eigenvalue weighted by Gasteiger charge is 2.46. The van der Waals surface area contributed by atoms with Crippen molar-refractivity contribution >= 4 is 11.6 Å². The molecule has 0 aliphatic carbocycles. The van der Waals surface area contributed by atoms with Crippen LogP contribution < -0.4 is 5.32 Å². The van der Waals surface area contributed by atoms with Crippen LogP contribution in [-0.2, 0) is 6.54 Å². The van der Waals surface area contributed by atoms with Crippen LogP contribution in [-0.4, -0.2) is 30.1 Å². The molecule has 3 aliphatic rings. The van der Waals surface area contributed by atoms with Gasteiger partial charge in [0.05, 0.1) is 0 Å². The molecule has 2 unspecified atom stereocenters. The molecule has 3 heterocycles. The maximum absolute atomic E-state index is 6.23. The van der Waals surface area contributed by atoms with E-state index in [2.05, 4.69) is 83.0 Å². The van der Waals surface area contributed by atoms with Crippen molar-refractivity contribution in [2.24, 2.45) is 5.92 Å². The molecule has 2 bridgehead atoms. The molecule has 3 heteroatoms. The monoisotopic (exact) mass is 416 g/mol. The van der Waals surface area contributed by atoms with Gasteiger partial charge >= 0.3 is 0 Å². The molecule has 30 heavy (non-hydrogen) atoms. The Morgan fingerprint density at radius 2 is 1.47 bits per heavy atom. The summed E-state index contributed by atoms with van der Waals surface area (Å²) < 4.78 is 0. The minimum atomic E-state index is 0.368. The van der Waals surface area contributed by atoms with E-state index in [-0.39, 0.29) is 0 Å². The van der Waals surface area contributed by atoms with Gasteiger partial charge in [-0.3, -0.25) is 4.90 Å². The molecule has 2 atom stereocenters. The number of hydrogen-bond donors (Lipinski definition) is 1. The lowest BCUT2D eigenvalue weighted by molar-refractivity contribution is 0.00468. The van der Waals surface area contributed by atoms with Crippen molar-refractivity contribution in [2.45, 2.75) is 37.4 Å². The van der Waals surface area contributed by atoms with Gasteiger partial charge in [-0.15, -0.1) is 0 Å². The van der Waals surface area contributed by atoms with Gasteiger partial charge in [-0.25, -0.2) is 0 Å². The second-order valence-electron chi connectivity index (χ2n) is 8.70. The lowest BCUT2D eigenvalue weighted by atomic mass is 9.70. The topological polar surface area (TPSA) is 15.3 Å². The standard InChI is InChI=1S/C27H29ClN2/c28-24-13-7-8-20(18-24)19-29-26-23-14-16-30(17-15-23)27(26)25(21-9-3-1-4-10-21)22-11-5-2-6-12-22/h1-13,18,23,25-27,29H,14-17,19H2. The highest BCUT2D eigenvalue weighted by Crippen LogP contribution is 2.42. The maximum Gasteiger partial charge on any atom is 0.0409 e. The molecule has 1 N–H and O–H groups in total. The zero-order chi connectivity index (χ0) is 20.3. The number of fused-ring (bicyclic) bond motifs is 3. The van der Waals surface area contributed by atoms with Crippen molar-refractivity contribution in [1.82, 2.24) is 10.2 Å². The fraction of sp³-hybridized carbons (Fsp3) is 0.333. The molecular formula is C27H29ClN2. The number of hydrogen-bond acceptors (Lipinski definition) is 2. The Morgan fingerprint density at radius 3 is 2.07 bits per heavy atom. The highest BCUT2D eigenvalue weighted by molar-refractivity contribution is 6.30. The highest BCUT2D eigenvalue weighted by atomic mass is 35.5. The summed E-state index contributed by atoms with van der Waals surface area (Å²) in [5, 5.41) is 4.78. The van der Waals surface area contributed by atoms with Gasteiger partial charge in [0.25, 0.3) is 0 Å². The SMILES string of the molecule is Clc1cccc(CNC2C3CCN(CC3)C2C(c2ccccc2)c2ccccc2)c1. The first kappa shape index (κ1) is 19.8. The van der Waals surface area contributed by atoms with Crippen LogP contribution in [0.2, 0.25) is 5.02 Å². The summed E-state index contributed by atoms with van der Waals surface area (Å²) in [6.07, 6.45) is 2.58. The molecule has 0 radical (unpaired) electrons. The Labute approximate surface area is 184 Å². The first-order valence-corrected chi connectivity index (χ1v) is 11.5. The van der Waals surface area contributed by atoms with Crippen molar-refractivity contribution in [3.05, 3.63) is 107 Å². The molecule has 0 amide bonds.